The van der Waals surface area contributed by atoms with E-state index in [9.17, 15) is 0 Å². The maximum absolute atomic E-state index is 9.16. The fraction of sp³-hybridized carbons (Fsp3) is 0.353. The van der Waals surface area contributed by atoms with Crippen LogP contribution in [-0.2, 0) is 6.54 Å². The first-order chi connectivity index (χ1) is 9.45. The molecule has 0 saturated heterocycles. The average Bonchev–Trinajstić information content (AvgIpc) is 2.63. The van der Waals surface area contributed by atoms with Crippen molar-refractivity contribution < 1.29 is 0 Å². The van der Waals surface area contributed by atoms with E-state index < -0.39 is 0 Å². The van der Waals surface area contributed by atoms with Gasteiger partial charge in [0.05, 0.1) is 5.56 Å². The zero-order chi connectivity index (χ0) is 14.9. The molecule has 0 aliphatic carbocycles. The van der Waals surface area contributed by atoms with Crippen molar-refractivity contribution >= 4 is 5.82 Å². The van der Waals surface area contributed by atoms with Crippen LogP contribution in [0.5, 0.6) is 0 Å². The van der Waals surface area contributed by atoms with Gasteiger partial charge >= 0.3 is 0 Å². The molecule has 2 N–H and O–H groups in total. The Morgan fingerprint density at radius 2 is 1.80 bits per heavy atom. The van der Waals surface area contributed by atoms with E-state index in [2.05, 4.69) is 44.2 Å². The van der Waals surface area contributed by atoms with Gasteiger partial charge in [-0.25, -0.2) is 0 Å². The lowest BCUT2D eigenvalue weighted by molar-refractivity contribution is 0.781. The maximum atomic E-state index is 9.16. The van der Waals surface area contributed by atoms with E-state index in [-0.39, 0.29) is 0 Å². The van der Waals surface area contributed by atoms with Crippen LogP contribution in [0.4, 0.5) is 5.82 Å². The Kier molecular flexibility index (Phi) is 3.85. The number of aromatic nitrogens is 1. The molecule has 0 aliphatic heterocycles. The van der Waals surface area contributed by atoms with Crippen molar-refractivity contribution in [2.24, 2.45) is 0 Å². The van der Waals surface area contributed by atoms with Crippen LogP contribution in [0.1, 0.15) is 47.7 Å². The first-order valence-electron chi connectivity index (χ1n) is 6.89. The summed E-state index contributed by atoms with van der Waals surface area (Å²) in [4.78, 5) is 0. The largest absolute Gasteiger partial charge is 0.384 e. The summed E-state index contributed by atoms with van der Waals surface area (Å²) in [6.45, 7) is 9.04. The number of anilines is 1. The van der Waals surface area contributed by atoms with Crippen molar-refractivity contribution in [2.75, 3.05) is 5.73 Å². The Morgan fingerprint density at radius 3 is 2.25 bits per heavy atom. The van der Waals surface area contributed by atoms with Crippen molar-refractivity contribution in [3.05, 3.63) is 52.2 Å². The highest BCUT2D eigenvalue weighted by Crippen LogP contribution is 2.25. The van der Waals surface area contributed by atoms with Gasteiger partial charge in [-0.1, -0.05) is 38.1 Å². The number of hydrogen-bond acceptors (Lipinski definition) is 2. The Morgan fingerprint density at radius 1 is 1.20 bits per heavy atom. The van der Waals surface area contributed by atoms with Gasteiger partial charge in [-0.15, -0.1) is 0 Å². The minimum atomic E-state index is 0.537. The summed E-state index contributed by atoms with van der Waals surface area (Å²) in [5.41, 5.74) is 11.2. The second-order valence-electron chi connectivity index (χ2n) is 5.56. The lowest BCUT2D eigenvalue weighted by atomic mass is 10.0. The van der Waals surface area contributed by atoms with Crippen LogP contribution in [0, 0.1) is 25.2 Å². The van der Waals surface area contributed by atoms with Crippen molar-refractivity contribution in [3.63, 3.8) is 0 Å². The van der Waals surface area contributed by atoms with Crippen LogP contribution in [0.25, 0.3) is 0 Å². The van der Waals surface area contributed by atoms with E-state index in [1.807, 2.05) is 18.4 Å². The van der Waals surface area contributed by atoms with Crippen LogP contribution >= 0.6 is 0 Å². The highest BCUT2D eigenvalue weighted by atomic mass is 15.1. The molecular formula is C17H21N3. The van der Waals surface area contributed by atoms with Crippen molar-refractivity contribution in [1.29, 1.82) is 5.26 Å². The molecule has 1 aromatic heterocycles. The van der Waals surface area contributed by atoms with Gasteiger partial charge in [-0.05, 0) is 36.5 Å². The molecule has 0 saturated carbocycles. The fourth-order valence-electron chi connectivity index (χ4n) is 2.43. The Bertz CT molecular complexity index is 655. The van der Waals surface area contributed by atoms with Gasteiger partial charge in [0.2, 0.25) is 0 Å². The highest BCUT2D eigenvalue weighted by molar-refractivity contribution is 5.58. The smallest absolute Gasteiger partial charge is 0.122 e. The molecule has 0 fully saturated rings. The van der Waals surface area contributed by atoms with Crippen molar-refractivity contribution in [2.45, 2.75) is 40.2 Å². The van der Waals surface area contributed by atoms with Crippen LogP contribution in [0.2, 0.25) is 0 Å². The topological polar surface area (TPSA) is 54.7 Å². The third-order valence-corrected chi connectivity index (χ3v) is 3.97. The summed E-state index contributed by atoms with van der Waals surface area (Å²) in [5, 5.41) is 9.16. The van der Waals surface area contributed by atoms with E-state index >= 15 is 0 Å². The molecule has 1 heterocycles. The summed E-state index contributed by atoms with van der Waals surface area (Å²) in [6, 6.07) is 10.8. The standard InChI is InChI=1S/C17H21N3/c1-11(2)15-7-5-14(6-8-15)10-20-13(4)12(3)16(9-18)17(20)19/h5-8,11H,10,19H2,1-4H3. The predicted octanol–water partition coefficient (Wildman–Crippen LogP) is 3.73. The number of rotatable bonds is 3. The molecule has 2 rings (SSSR count). The molecule has 1 aromatic carbocycles. The van der Waals surface area contributed by atoms with E-state index in [1.54, 1.807) is 0 Å². The Hall–Kier alpha value is -2.21. The minimum absolute atomic E-state index is 0.537. The third-order valence-electron chi connectivity index (χ3n) is 3.97. The third kappa shape index (κ3) is 2.42. The van der Waals surface area contributed by atoms with Crippen LogP contribution in [0.3, 0.4) is 0 Å². The molecule has 3 nitrogen and oxygen atoms in total. The molecule has 0 bridgehead atoms. The molecule has 3 heteroatoms. The van der Waals surface area contributed by atoms with E-state index in [1.165, 1.54) is 11.1 Å². The second-order valence-corrected chi connectivity index (χ2v) is 5.56. The number of nitriles is 1. The molecule has 0 unspecified atom stereocenters. The molecule has 0 atom stereocenters. The molecule has 0 spiro atoms. The highest BCUT2D eigenvalue weighted by Gasteiger charge is 2.15. The van der Waals surface area contributed by atoms with Crippen molar-refractivity contribution in [1.82, 2.24) is 4.57 Å². The monoisotopic (exact) mass is 267 g/mol. The number of benzene rings is 1. The molecule has 0 aliphatic rings. The van der Waals surface area contributed by atoms with Gasteiger partial charge < -0.3 is 10.3 Å². The lowest BCUT2D eigenvalue weighted by Gasteiger charge is -2.11. The first kappa shape index (κ1) is 14.2. The van der Waals surface area contributed by atoms with Crippen LogP contribution in [0.15, 0.2) is 24.3 Å². The van der Waals surface area contributed by atoms with E-state index in [0.717, 1.165) is 11.3 Å². The normalized spacial score (nSPS) is 10.8. The number of nitrogen functional groups attached to an aromatic ring is 1. The molecule has 0 amide bonds. The maximum Gasteiger partial charge on any atom is 0.122 e. The van der Waals surface area contributed by atoms with E-state index in [0.29, 0.717) is 23.8 Å². The molecule has 0 radical (unpaired) electrons. The van der Waals surface area contributed by atoms with Gasteiger partial charge in [-0.2, -0.15) is 5.26 Å². The number of nitrogens with zero attached hydrogens (tertiary/aromatic N) is 2. The summed E-state index contributed by atoms with van der Waals surface area (Å²) >= 11 is 0. The summed E-state index contributed by atoms with van der Waals surface area (Å²) in [5.74, 6) is 1.10. The van der Waals surface area contributed by atoms with Gasteiger partial charge in [0.1, 0.15) is 11.9 Å². The summed E-state index contributed by atoms with van der Waals surface area (Å²) in [7, 11) is 0. The van der Waals surface area contributed by atoms with E-state index in [4.69, 9.17) is 11.0 Å². The molecule has 104 valence electrons. The average molecular weight is 267 g/mol. The number of hydrogen-bond donors (Lipinski definition) is 1. The summed E-state index contributed by atoms with van der Waals surface area (Å²) < 4.78 is 2.01. The Labute approximate surface area is 120 Å². The minimum Gasteiger partial charge on any atom is -0.384 e. The quantitative estimate of drug-likeness (QED) is 0.921. The SMILES string of the molecule is Cc1c(C#N)c(N)n(Cc2ccc(C(C)C)cc2)c1C. The molecular weight excluding hydrogens is 246 g/mol. The molecule has 20 heavy (non-hydrogen) atoms. The lowest BCUT2D eigenvalue weighted by Crippen LogP contribution is -2.06. The summed E-state index contributed by atoms with van der Waals surface area (Å²) in [6.07, 6.45) is 0. The predicted molar refractivity (Wildman–Crippen MR) is 82.7 cm³/mol. The van der Waals surface area contributed by atoms with Crippen LogP contribution in [-0.4, -0.2) is 4.57 Å². The Balaban J connectivity index is 2.33. The van der Waals surface area contributed by atoms with Gasteiger partial charge in [0.15, 0.2) is 0 Å². The zero-order valence-electron chi connectivity index (χ0n) is 12.6. The fourth-order valence-corrected chi connectivity index (χ4v) is 2.43. The van der Waals surface area contributed by atoms with Gasteiger partial charge in [-0.3, -0.25) is 0 Å². The first-order valence-corrected chi connectivity index (χ1v) is 6.89. The molecule has 2 aromatic rings. The van der Waals surface area contributed by atoms with Gasteiger partial charge in [0.25, 0.3) is 0 Å². The zero-order valence-corrected chi connectivity index (χ0v) is 12.6. The van der Waals surface area contributed by atoms with Gasteiger partial charge in [0, 0.05) is 12.2 Å². The van der Waals surface area contributed by atoms with Crippen molar-refractivity contribution in [3.8, 4) is 6.07 Å². The van der Waals surface area contributed by atoms with Crippen LogP contribution < -0.4 is 5.73 Å². The second kappa shape index (κ2) is 5.42. The number of nitrogens with two attached hydrogens (primary N) is 1.